The van der Waals surface area contributed by atoms with Crippen molar-refractivity contribution in [2.75, 3.05) is 13.1 Å². The molecule has 3 aromatic carbocycles. The van der Waals surface area contributed by atoms with Crippen molar-refractivity contribution < 1.29 is 4.79 Å². The Labute approximate surface area is 198 Å². The minimum atomic E-state index is -0.00398. The highest BCUT2D eigenvalue weighted by Crippen LogP contribution is 2.23. The number of nitrogens with zero attached hydrogens (tertiary/aromatic N) is 1. The fourth-order valence-corrected chi connectivity index (χ4v) is 4.78. The molecule has 4 rings (SSSR count). The van der Waals surface area contributed by atoms with Crippen LogP contribution in [0.25, 0.3) is 0 Å². The fourth-order valence-electron chi connectivity index (χ4n) is 4.78. The normalized spacial score (nSPS) is 15.8. The van der Waals surface area contributed by atoms with Gasteiger partial charge in [-0.15, -0.1) is 0 Å². The number of carbonyl (C=O) groups excluding carboxylic acids is 1. The minimum absolute atomic E-state index is 0.00398. The van der Waals surface area contributed by atoms with Gasteiger partial charge >= 0.3 is 0 Å². The first-order valence-corrected chi connectivity index (χ1v) is 12.3. The number of likely N-dealkylation sites (tertiary alicyclic amines) is 1. The standard InChI is InChI=1S/C30H36N2O/c1-3-29(27-13-9-23(2)10-14-27)31-30(33)28-15-11-26(12-16-28)22-32-19-17-25(18-20-32)21-24-7-5-4-6-8-24/h4-16,25,29H,3,17-22H2,1-2H3,(H,31,33). The van der Waals surface area contributed by atoms with E-state index in [1.165, 1.54) is 36.0 Å². The van der Waals surface area contributed by atoms with E-state index in [1.54, 1.807) is 0 Å². The van der Waals surface area contributed by atoms with Gasteiger partial charge in [-0.25, -0.2) is 0 Å². The molecule has 1 atom stereocenters. The largest absolute Gasteiger partial charge is 0.345 e. The summed E-state index contributed by atoms with van der Waals surface area (Å²) in [5, 5.41) is 3.19. The van der Waals surface area contributed by atoms with Crippen LogP contribution in [0.1, 0.15) is 64.8 Å². The molecule has 0 aliphatic carbocycles. The summed E-state index contributed by atoms with van der Waals surface area (Å²) in [6.45, 7) is 7.44. The molecule has 3 heteroatoms. The molecular weight excluding hydrogens is 404 g/mol. The summed E-state index contributed by atoms with van der Waals surface area (Å²) < 4.78 is 0. The third kappa shape index (κ3) is 6.55. The first-order chi connectivity index (χ1) is 16.1. The zero-order valence-electron chi connectivity index (χ0n) is 20.0. The lowest BCUT2D eigenvalue weighted by molar-refractivity contribution is 0.0935. The quantitative estimate of drug-likeness (QED) is 0.444. The van der Waals surface area contributed by atoms with Crippen LogP contribution < -0.4 is 5.32 Å². The summed E-state index contributed by atoms with van der Waals surface area (Å²) in [5.74, 6) is 0.783. The van der Waals surface area contributed by atoms with Crippen LogP contribution in [0.5, 0.6) is 0 Å². The number of rotatable bonds is 8. The van der Waals surface area contributed by atoms with Gasteiger partial charge in [0.25, 0.3) is 5.91 Å². The van der Waals surface area contributed by atoms with Gasteiger partial charge < -0.3 is 5.32 Å². The van der Waals surface area contributed by atoms with E-state index in [0.717, 1.165) is 43.1 Å². The molecule has 1 saturated heterocycles. The topological polar surface area (TPSA) is 32.3 Å². The van der Waals surface area contributed by atoms with Crippen LogP contribution in [0.2, 0.25) is 0 Å². The second-order valence-corrected chi connectivity index (χ2v) is 9.45. The average molecular weight is 441 g/mol. The molecule has 1 aliphatic heterocycles. The zero-order valence-corrected chi connectivity index (χ0v) is 20.0. The highest BCUT2D eigenvalue weighted by atomic mass is 16.1. The number of piperidine rings is 1. The minimum Gasteiger partial charge on any atom is -0.345 e. The number of aryl methyl sites for hydroxylation is 1. The number of hydrogen-bond acceptors (Lipinski definition) is 2. The molecule has 1 amide bonds. The molecule has 1 heterocycles. The molecule has 0 radical (unpaired) electrons. The Hall–Kier alpha value is -2.91. The first-order valence-electron chi connectivity index (χ1n) is 12.3. The third-order valence-electron chi connectivity index (χ3n) is 6.89. The number of benzene rings is 3. The van der Waals surface area contributed by atoms with Gasteiger partial charge in [-0.2, -0.15) is 0 Å². The number of hydrogen-bond donors (Lipinski definition) is 1. The Morgan fingerprint density at radius 2 is 1.58 bits per heavy atom. The molecular formula is C30H36N2O. The van der Waals surface area contributed by atoms with Crippen molar-refractivity contribution in [2.24, 2.45) is 5.92 Å². The second-order valence-electron chi connectivity index (χ2n) is 9.45. The summed E-state index contributed by atoms with van der Waals surface area (Å²) in [4.78, 5) is 15.4. The van der Waals surface area contributed by atoms with Crippen molar-refractivity contribution in [3.05, 3.63) is 107 Å². The number of nitrogens with one attached hydrogen (secondary N) is 1. The highest BCUT2D eigenvalue weighted by Gasteiger charge is 2.20. The van der Waals surface area contributed by atoms with E-state index in [9.17, 15) is 4.79 Å². The molecule has 0 aromatic heterocycles. The summed E-state index contributed by atoms with van der Waals surface area (Å²) in [5.41, 5.74) is 5.85. The van der Waals surface area contributed by atoms with Gasteiger partial charge in [0.05, 0.1) is 6.04 Å². The Balaban J connectivity index is 1.26. The Morgan fingerprint density at radius 3 is 2.21 bits per heavy atom. The van der Waals surface area contributed by atoms with E-state index < -0.39 is 0 Å². The molecule has 0 spiro atoms. The Bertz CT molecular complexity index is 1000. The number of carbonyl (C=O) groups is 1. The molecule has 172 valence electrons. The fraction of sp³-hybridized carbons (Fsp3) is 0.367. The van der Waals surface area contributed by atoms with Gasteiger partial charge in [0.15, 0.2) is 0 Å². The van der Waals surface area contributed by atoms with Crippen molar-refractivity contribution in [1.29, 1.82) is 0 Å². The van der Waals surface area contributed by atoms with Gasteiger partial charge in [0.1, 0.15) is 0 Å². The van der Waals surface area contributed by atoms with Gasteiger partial charge in [0, 0.05) is 12.1 Å². The predicted octanol–water partition coefficient (Wildman–Crippen LogP) is 6.33. The van der Waals surface area contributed by atoms with Gasteiger partial charge in [-0.05, 0) is 80.4 Å². The molecule has 3 nitrogen and oxygen atoms in total. The smallest absolute Gasteiger partial charge is 0.251 e. The maximum Gasteiger partial charge on any atom is 0.251 e. The lowest BCUT2D eigenvalue weighted by atomic mass is 9.90. The zero-order chi connectivity index (χ0) is 23.0. The summed E-state index contributed by atoms with van der Waals surface area (Å²) >= 11 is 0. The molecule has 3 aromatic rings. The van der Waals surface area contributed by atoms with E-state index in [1.807, 2.05) is 12.1 Å². The highest BCUT2D eigenvalue weighted by molar-refractivity contribution is 5.94. The molecule has 33 heavy (non-hydrogen) atoms. The lowest BCUT2D eigenvalue weighted by Crippen LogP contribution is -2.33. The van der Waals surface area contributed by atoms with Crippen LogP contribution in [0, 0.1) is 12.8 Å². The van der Waals surface area contributed by atoms with Crippen molar-refractivity contribution in [2.45, 2.75) is 52.1 Å². The Kier molecular flexibility index (Phi) is 7.96. The van der Waals surface area contributed by atoms with Crippen molar-refractivity contribution >= 4 is 5.91 Å². The van der Waals surface area contributed by atoms with E-state index in [0.29, 0.717) is 0 Å². The number of amides is 1. The molecule has 0 saturated carbocycles. The molecule has 1 aliphatic rings. The lowest BCUT2D eigenvalue weighted by Gasteiger charge is -2.32. The SMILES string of the molecule is CCC(NC(=O)c1ccc(CN2CCC(Cc3ccccc3)CC2)cc1)c1ccc(C)cc1. The maximum absolute atomic E-state index is 12.8. The van der Waals surface area contributed by atoms with Crippen molar-refractivity contribution in [3.8, 4) is 0 Å². The monoisotopic (exact) mass is 440 g/mol. The predicted molar refractivity (Wildman–Crippen MR) is 136 cm³/mol. The van der Waals surface area contributed by atoms with Gasteiger partial charge in [-0.3, -0.25) is 9.69 Å². The maximum atomic E-state index is 12.8. The van der Waals surface area contributed by atoms with Crippen LogP contribution >= 0.6 is 0 Å². The van der Waals surface area contributed by atoms with Crippen LogP contribution in [-0.4, -0.2) is 23.9 Å². The van der Waals surface area contributed by atoms with E-state index >= 15 is 0 Å². The van der Waals surface area contributed by atoms with Crippen LogP contribution in [-0.2, 0) is 13.0 Å². The summed E-state index contributed by atoms with van der Waals surface area (Å²) in [7, 11) is 0. The Morgan fingerprint density at radius 1 is 0.909 bits per heavy atom. The second kappa shape index (κ2) is 11.3. The molecule has 1 fully saturated rings. The molecule has 0 bridgehead atoms. The van der Waals surface area contributed by atoms with Crippen LogP contribution in [0.15, 0.2) is 78.9 Å². The van der Waals surface area contributed by atoms with E-state index in [-0.39, 0.29) is 11.9 Å². The van der Waals surface area contributed by atoms with Gasteiger partial charge in [-0.1, -0.05) is 79.2 Å². The summed E-state index contributed by atoms with van der Waals surface area (Å²) in [6, 6.07) is 27.5. The third-order valence-corrected chi connectivity index (χ3v) is 6.89. The van der Waals surface area contributed by atoms with Gasteiger partial charge in [0.2, 0.25) is 0 Å². The first kappa shape index (κ1) is 23.3. The summed E-state index contributed by atoms with van der Waals surface area (Å²) in [6.07, 6.45) is 4.58. The molecule has 1 N–H and O–H groups in total. The van der Waals surface area contributed by atoms with Crippen molar-refractivity contribution in [1.82, 2.24) is 10.2 Å². The average Bonchev–Trinajstić information content (AvgIpc) is 2.85. The van der Waals surface area contributed by atoms with Crippen LogP contribution in [0.3, 0.4) is 0 Å². The molecule has 1 unspecified atom stereocenters. The van der Waals surface area contributed by atoms with Crippen molar-refractivity contribution in [3.63, 3.8) is 0 Å². The van der Waals surface area contributed by atoms with E-state index in [4.69, 9.17) is 0 Å². The van der Waals surface area contributed by atoms with E-state index in [2.05, 4.69) is 90.8 Å². The van der Waals surface area contributed by atoms with Crippen LogP contribution in [0.4, 0.5) is 0 Å².